The minimum atomic E-state index is -4.40. The Kier molecular flexibility index (Phi) is 4.71. The van der Waals surface area contributed by atoms with Crippen LogP contribution in [0.2, 0.25) is 0 Å². The molecule has 0 fully saturated rings. The van der Waals surface area contributed by atoms with Crippen LogP contribution in [-0.2, 0) is 11.3 Å². The van der Waals surface area contributed by atoms with Crippen molar-refractivity contribution in [3.05, 3.63) is 33.7 Å². The van der Waals surface area contributed by atoms with Crippen molar-refractivity contribution in [1.29, 1.82) is 0 Å². The van der Waals surface area contributed by atoms with Crippen LogP contribution in [-0.4, -0.2) is 35.0 Å². The molecule has 1 heterocycles. The first-order chi connectivity index (χ1) is 8.70. The number of ether oxygens (including phenoxy) is 1. The van der Waals surface area contributed by atoms with Crippen LogP contribution in [0.1, 0.15) is 16.1 Å². The van der Waals surface area contributed by atoms with Crippen LogP contribution in [0.4, 0.5) is 13.2 Å². The number of carboxylic acid groups (broad SMARTS) is 1. The predicted octanol–water partition coefficient (Wildman–Crippen LogP) is 1.43. The van der Waals surface area contributed by atoms with Crippen LogP contribution in [0.25, 0.3) is 0 Å². The van der Waals surface area contributed by atoms with Gasteiger partial charge in [0.05, 0.1) is 6.61 Å². The van der Waals surface area contributed by atoms with Crippen LogP contribution in [0.5, 0.6) is 0 Å². The van der Waals surface area contributed by atoms with Crippen molar-refractivity contribution < 1.29 is 27.8 Å². The van der Waals surface area contributed by atoms with E-state index in [1.54, 1.807) is 6.92 Å². The lowest BCUT2D eigenvalue weighted by Gasteiger charge is -2.12. The predicted molar refractivity (Wildman–Crippen MR) is 59.3 cm³/mol. The smallest absolute Gasteiger partial charge is 0.411 e. The number of hydrogen-bond acceptors (Lipinski definition) is 3. The van der Waals surface area contributed by atoms with Gasteiger partial charge >= 0.3 is 12.1 Å². The number of aryl methyl sites for hydroxylation is 1. The number of rotatable bonds is 5. The van der Waals surface area contributed by atoms with E-state index in [-0.39, 0.29) is 13.2 Å². The molecular formula is C11H12F3NO4. The zero-order valence-electron chi connectivity index (χ0n) is 10.0. The molecule has 0 atom stereocenters. The van der Waals surface area contributed by atoms with Crippen molar-refractivity contribution in [2.75, 3.05) is 13.2 Å². The molecule has 0 aromatic carbocycles. The summed E-state index contributed by atoms with van der Waals surface area (Å²) in [5, 5.41) is 8.77. The summed E-state index contributed by atoms with van der Waals surface area (Å²) in [5.41, 5.74) is -0.621. The van der Waals surface area contributed by atoms with Gasteiger partial charge in [0, 0.05) is 24.5 Å². The normalized spacial score (nSPS) is 11.6. The number of pyridine rings is 1. The number of alkyl halides is 3. The molecule has 0 aliphatic carbocycles. The molecule has 19 heavy (non-hydrogen) atoms. The van der Waals surface area contributed by atoms with E-state index in [1.807, 2.05) is 0 Å². The Morgan fingerprint density at radius 3 is 2.63 bits per heavy atom. The Morgan fingerprint density at radius 2 is 2.11 bits per heavy atom. The zero-order chi connectivity index (χ0) is 14.6. The number of aromatic nitrogens is 1. The summed E-state index contributed by atoms with van der Waals surface area (Å²) >= 11 is 0. The average molecular weight is 279 g/mol. The second-order valence-corrected chi connectivity index (χ2v) is 3.86. The first kappa shape index (κ1) is 15.2. The Bertz CT molecular complexity index is 522. The third kappa shape index (κ3) is 4.74. The van der Waals surface area contributed by atoms with Crippen molar-refractivity contribution >= 4 is 5.97 Å². The third-order valence-corrected chi connectivity index (χ3v) is 2.32. The molecule has 1 aromatic heterocycles. The van der Waals surface area contributed by atoms with E-state index in [1.165, 1.54) is 4.57 Å². The molecular weight excluding hydrogens is 267 g/mol. The van der Waals surface area contributed by atoms with Gasteiger partial charge in [-0.1, -0.05) is 0 Å². The van der Waals surface area contributed by atoms with E-state index >= 15 is 0 Å². The van der Waals surface area contributed by atoms with Gasteiger partial charge < -0.3 is 14.4 Å². The van der Waals surface area contributed by atoms with Gasteiger partial charge in [-0.2, -0.15) is 13.2 Å². The quantitative estimate of drug-likeness (QED) is 0.828. The Morgan fingerprint density at radius 1 is 1.47 bits per heavy atom. The Balaban J connectivity index is 2.71. The maximum absolute atomic E-state index is 11.8. The topological polar surface area (TPSA) is 68.5 Å². The molecule has 0 unspecified atom stereocenters. The second-order valence-electron chi connectivity index (χ2n) is 3.86. The lowest BCUT2D eigenvalue weighted by Crippen LogP contribution is -2.22. The van der Waals surface area contributed by atoms with Crippen LogP contribution in [0.15, 0.2) is 17.1 Å². The van der Waals surface area contributed by atoms with Crippen molar-refractivity contribution in [3.63, 3.8) is 0 Å². The van der Waals surface area contributed by atoms with Gasteiger partial charge in [-0.15, -0.1) is 0 Å². The van der Waals surface area contributed by atoms with E-state index in [0.717, 1.165) is 12.3 Å². The van der Waals surface area contributed by atoms with Gasteiger partial charge in [-0.25, -0.2) is 4.79 Å². The maximum Gasteiger partial charge on any atom is 0.411 e. The highest BCUT2D eigenvalue weighted by Gasteiger charge is 2.27. The lowest BCUT2D eigenvalue weighted by atomic mass is 10.2. The fourth-order valence-corrected chi connectivity index (χ4v) is 1.42. The molecule has 0 amide bonds. The minimum Gasteiger partial charge on any atom is -0.477 e. The van der Waals surface area contributed by atoms with Gasteiger partial charge in [-0.05, 0) is 6.92 Å². The SMILES string of the molecule is Cc1cc(=O)c(C(=O)O)cn1CCOCC(F)(F)F. The molecule has 0 aliphatic heterocycles. The molecule has 0 saturated carbocycles. The molecule has 106 valence electrons. The van der Waals surface area contributed by atoms with E-state index in [4.69, 9.17) is 5.11 Å². The van der Waals surface area contributed by atoms with Crippen LogP contribution < -0.4 is 5.43 Å². The fourth-order valence-electron chi connectivity index (χ4n) is 1.42. The average Bonchev–Trinajstić information content (AvgIpc) is 2.24. The monoisotopic (exact) mass is 279 g/mol. The van der Waals surface area contributed by atoms with Crippen LogP contribution in [0, 0.1) is 6.92 Å². The summed E-state index contributed by atoms with van der Waals surface area (Å²) in [6, 6.07) is 1.12. The van der Waals surface area contributed by atoms with Crippen molar-refractivity contribution in [2.24, 2.45) is 0 Å². The maximum atomic E-state index is 11.8. The van der Waals surface area contributed by atoms with Gasteiger partial charge in [0.2, 0.25) is 0 Å². The second kappa shape index (κ2) is 5.87. The molecule has 1 rings (SSSR count). The molecule has 1 aromatic rings. The van der Waals surface area contributed by atoms with Crippen LogP contribution >= 0.6 is 0 Å². The first-order valence-corrected chi connectivity index (χ1v) is 5.29. The summed E-state index contributed by atoms with van der Waals surface area (Å²) in [4.78, 5) is 22.1. The molecule has 1 N–H and O–H groups in total. The van der Waals surface area contributed by atoms with Crippen molar-refractivity contribution in [2.45, 2.75) is 19.6 Å². The van der Waals surface area contributed by atoms with E-state index < -0.39 is 29.7 Å². The van der Waals surface area contributed by atoms with E-state index in [2.05, 4.69) is 4.74 Å². The van der Waals surface area contributed by atoms with Gasteiger partial charge in [-0.3, -0.25) is 4.79 Å². The van der Waals surface area contributed by atoms with E-state index in [0.29, 0.717) is 5.69 Å². The molecule has 0 aliphatic rings. The van der Waals surface area contributed by atoms with Crippen molar-refractivity contribution in [3.8, 4) is 0 Å². The van der Waals surface area contributed by atoms with Gasteiger partial charge in [0.1, 0.15) is 12.2 Å². The van der Waals surface area contributed by atoms with E-state index in [9.17, 15) is 22.8 Å². The summed E-state index contributed by atoms with van der Waals surface area (Å²) in [6.45, 7) is -0.0143. The molecule has 0 radical (unpaired) electrons. The molecule has 0 saturated heterocycles. The lowest BCUT2D eigenvalue weighted by molar-refractivity contribution is -0.174. The summed E-state index contributed by atoms with van der Waals surface area (Å²) in [5.74, 6) is -1.38. The highest BCUT2D eigenvalue weighted by molar-refractivity contribution is 5.87. The molecule has 0 spiro atoms. The number of carboxylic acids is 1. The standard InChI is InChI=1S/C11H12F3NO4/c1-7-4-9(16)8(10(17)18)5-15(7)2-3-19-6-11(12,13)14/h4-5H,2-3,6H2,1H3,(H,17,18). The summed E-state index contributed by atoms with van der Waals surface area (Å²) in [6.07, 6.45) is -3.30. The first-order valence-electron chi connectivity index (χ1n) is 5.29. The Labute approximate surface area is 106 Å². The summed E-state index contributed by atoms with van der Waals surface area (Å²) < 4.78 is 41.3. The fraction of sp³-hybridized carbons (Fsp3) is 0.455. The molecule has 8 heteroatoms. The third-order valence-electron chi connectivity index (χ3n) is 2.32. The minimum absolute atomic E-state index is 0.0302. The van der Waals surface area contributed by atoms with Gasteiger partial charge in [0.15, 0.2) is 5.43 Å². The number of carbonyl (C=O) groups is 1. The highest BCUT2D eigenvalue weighted by atomic mass is 19.4. The number of aromatic carboxylic acids is 1. The Hall–Kier alpha value is -1.83. The number of nitrogens with zero attached hydrogens (tertiary/aromatic N) is 1. The molecule has 0 bridgehead atoms. The molecule has 5 nitrogen and oxygen atoms in total. The number of halogens is 3. The van der Waals surface area contributed by atoms with Crippen LogP contribution in [0.3, 0.4) is 0 Å². The highest BCUT2D eigenvalue weighted by Crippen LogP contribution is 2.14. The summed E-state index contributed by atoms with van der Waals surface area (Å²) in [7, 11) is 0. The largest absolute Gasteiger partial charge is 0.477 e. The van der Waals surface area contributed by atoms with Gasteiger partial charge in [0.25, 0.3) is 0 Å². The zero-order valence-corrected chi connectivity index (χ0v) is 10.0. The van der Waals surface area contributed by atoms with Crippen molar-refractivity contribution in [1.82, 2.24) is 4.57 Å². The number of hydrogen-bond donors (Lipinski definition) is 1.